The van der Waals surface area contributed by atoms with Gasteiger partial charge in [-0.3, -0.25) is 9.36 Å². The van der Waals surface area contributed by atoms with Crippen LogP contribution in [0.25, 0.3) is 27.8 Å². The number of hydrogen-bond donors (Lipinski definition) is 0. The fourth-order valence-electron chi connectivity index (χ4n) is 5.00. The molecule has 0 spiro atoms. The van der Waals surface area contributed by atoms with Crippen LogP contribution < -0.4 is 4.90 Å². The molecule has 0 aliphatic carbocycles. The van der Waals surface area contributed by atoms with Gasteiger partial charge in [-0.05, 0) is 42.6 Å². The predicted octanol–water partition coefficient (Wildman–Crippen LogP) is 6.26. The molecule has 0 saturated heterocycles. The number of benzene rings is 4. The zero-order valence-electron chi connectivity index (χ0n) is 23.8. The predicted molar refractivity (Wildman–Crippen MR) is 170 cm³/mol. The lowest BCUT2D eigenvalue weighted by Gasteiger charge is -2.22. The normalized spacial score (nSPS) is 11.7. The Hall–Kier alpha value is -3.99. The number of aromatic nitrogens is 3. The largest absolute Gasteiger partial charge is 0.311 e. The van der Waals surface area contributed by atoms with Crippen LogP contribution in [0.2, 0.25) is 0 Å². The Bertz CT molecular complexity index is 1800. The third kappa shape index (κ3) is 5.83. The summed E-state index contributed by atoms with van der Waals surface area (Å²) in [7, 11) is -3.66. The zero-order valence-corrected chi connectivity index (χ0v) is 25.5. The van der Waals surface area contributed by atoms with Crippen LogP contribution in [-0.2, 0) is 14.8 Å². The highest BCUT2D eigenvalue weighted by molar-refractivity contribution is 7.99. The maximum atomic E-state index is 13.6. The molecule has 0 fully saturated rings. The van der Waals surface area contributed by atoms with Crippen molar-refractivity contribution in [2.45, 2.75) is 30.8 Å². The number of carbonyl (C=O) groups is 1. The molecule has 1 aromatic heterocycles. The Kier molecular flexibility index (Phi) is 9.06. The number of sulfonamides is 1. The Morgan fingerprint density at radius 3 is 2.24 bits per heavy atom. The molecule has 0 N–H and O–H groups in total. The first kappa shape index (κ1) is 29.5. The summed E-state index contributed by atoms with van der Waals surface area (Å²) >= 11 is 1.30. The summed E-state index contributed by atoms with van der Waals surface area (Å²) in [5.74, 6) is 0.600. The summed E-state index contributed by atoms with van der Waals surface area (Å²) in [6, 6.07) is 30.4. The molecule has 0 atom stereocenters. The molecular formula is C32H33N5O3S2. The first-order valence-corrected chi connectivity index (χ1v) is 16.3. The topological polar surface area (TPSA) is 88.4 Å². The second-order valence-corrected chi connectivity index (χ2v) is 12.4. The number of thioether (sulfide) groups is 1. The molecule has 5 rings (SSSR count). The van der Waals surface area contributed by atoms with Crippen molar-refractivity contribution in [2.75, 3.05) is 30.3 Å². The number of carbonyl (C=O) groups excluding carboxylic acids is 1. The van der Waals surface area contributed by atoms with Gasteiger partial charge in [0.05, 0.1) is 16.3 Å². The van der Waals surface area contributed by atoms with Crippen molar-refractivity contribution in [1.82, 2.24) is 19.1 Å². The number of amides is 1. The van der Waals surface area contributed by atoms with Crippen molar-refractivity contribution in [3.05, 3.63) is 97.1 Å². The Morgan fingerprint density at radius 1 is 0.810 bits per heavy atom. The van der Waals surface area contributed by atoms with E-state index >= 15 is 0 Å². The molecule has 4 aromatic carbocycles. The zero-order chi connectivity index (χ0) is 29.7. The summed E-state index contributed by atoms with van der Waals surface area (Å²) in [5, 5.41) is 11.6. The van der Waals surface area contributed by atoms with Crippen LogP contribution in [0, 0.1) is 0 Å². The maximum Gasteiger partial charge on any atom is 0.243 e. The van der Waals surface area contributed by atoms with Gasteiger partial charge >= 0.3 is 0 Å². The van der Waals surface area contributed by atoms with Crippen LogP contribution in [0.3, 0.4) is 0 Å². The Balaban J connectivity index is 1.48. The number of anilines is 1. The summed E-state index contributed by atoms with van der Waals surface area (Å²) in [4.78, 5) is 15.6. The third-order valence-corrected chi connectivity index (χ3v) is 10.0. The number of para-hydroxylation sites is 1. The number of fused-ring (bicyclic) bond motifs is 1. The van der Waals surface area contributed by atoms with E-state index in [1.165, 1.54) is 16.1 Å². The molecule has 0 aliphatic heterocycles. The molecule has 5 aromatic rings. The van der Waals surface area contributed by atoms with Crippen LogP contribution >= 0.6 is 11.8 Å². The average Bonchev–Trinajstić information content (AvgIpc) is 3.45. The monoisotopic (exact) mass is 599 g/mol. The van der Waals surface area contributed by atoms with E-state index in [1.807, 2.05) is 104 Å². The highest BCUT2D eigenvalue weighted by Crippen LogP contribution is 2.31. The van der Waals surface area contributed by atoms with Gasteiger partial charge in [0.1, 0.15) is 0 Å². The minimum absolute atomic E-state index is 0.0460. The lowest BCUT2D eigenvalue weighted by Crippen LogP contribution is -2.32. The van der Waals surface area contributed by atoms with E-state index in [9.17, 15) is 13.2 Å². The number of nitrogens with zero attached hydrogens (tertiary/aromatic N) is 5. The van der Waals surface area contributed by atoms with Gasteiger partial charge in [0.2, 0.25) is 15.9 Å². The molecule has 0 bridgehead atoms. The van der Waals surface area contributed by atoms with E-state index < -0.39 is 10.0 Å². The molecular weight excluding hydrogens is 567 g/mol. The van der Waals surface area contributed by atoms with Gasteiger partial charge in [0.15, 0.2) is 11.0 Å². The van der Waals surface area contributed by atoms with Crippen LogP contribution in [-0.4, -0.2) is 58.8 Å². The standard InChI is InChI=1S/C32H33N5O3S2/c1-4-35(5-2)42(39,40)27-19-12-16-25(22-27)31-33-34-32(37(31)26-17-8-7-9-18-26)41-23-30(38)36(6-3)29-21-13-15-24-14-10-11-20-28(24)29/h7-22H,4-6,23H2,1-3H3. The van der Waals surface area contributed by atoms with Crippen molar-refractivity contribution in [2.24, 2.45) is 0 Å². The molecule has 8 nitrogen and oxygen atoms in total. The molecule has 0 aliphatic rings. The molecule has 1 heterocycles. The van der Waals surface area contributed by atoms with Crippen LogP contribution in [0.5, 0.6) is 0 Å². The first-order chi connectivity index (χ1) is 20.4. The Labute approximate surface area is 251 Å². The van der Waals surface area contributed by atoms with Gasteiger partial charge in [-0.1, -0.05) is 92.3 Å². The summed E-state index contributed by atoms with van der Waals surface area (Å²) in [5.41, 5.74) is 2.30. The first-order valence-electron chi connectivity index (χ1n) is 13.9. The molecule has 10 heteroatoms. The van der Waals surface area contributed by atoms with Gasteiger partial charge in [-0.25, -0.2) is 8.42 Å². The summed E-state index contributed by atoms with van der Waals surface area (Å²) in [6.45, 7) is 6.90. The Morgan fingerprint density at radius 2 is 1.50 bits per heavy atom. The number of rotatable bonds is 11. The minimum atomic E-state index is -3.66. The fourth-order valence-corrected chi connectivity index (χ4v) is 7.33. The van der Waals surface area contributed by atoms with Crippen molar-refractivity contribution in [3.63, 3.8) is 0 Å². The molecule has 0 radical (unpaired) electrons. The third-order valence-electron chi connectivity index (χ3n) is 7.08. The van der Waals surface area contributed by atoms with E-state index in [4.69, 9.17) is 0 Å². The smallest absolute Gasteiger partial charge is 0.243 e. The van der Waals surface area contributed by atoms with Crippen molar-refractivity contribution >= 4 is 44.2 Å². The van der Waals surface area contributed by atoms with Gasteiger partial charge in [-0.2, -0.15) is 4.31 Å². The van der Waals surface area contributed by atoms with Crippen LogP contribution in [0.4, 0.5) is 5.69 Å². The van der Waals surface area contributed by atoms with Gasteiger partial charge in [0, 0.05) is 36.3 Å². The van der Waals surface area contributed by atoms with Gasteiger partial charge in [0.25, 0.3) is 0 Å². The molecule has 216 valence electrons. The molecule has 1 amide bonds. The highest BCUT2D eigenvalue weighted by atomic mass is 32.2. The summed E-state index contributed by atoms with van der Waals surface area (Å²) in [6.07, 6.45) is 0. The van der Waals surface area contributed by atoms with Crippen LogP contribution in [0.1, 0.15) is 20.8 Å². The van der Waals surface area contributed by atoms with E-state index in [1.54, 1.807) is 23.1 Å². The van der Waals surface area contributed by atoms with Crippen molar-refractivity contribution in [3.8, 4) is 17.1 Å². The second kappa shape index (κ2) is 12.9. The van der Waals surface area contributed by atoms with Crippen molar-refractivity contribution in [1.29, 1.82) is 0 Å². The molecule has 0 saturated carbocycles. The van der Waals surface area contributed by atoms with Gasteiger partial charge in [-0.15, -0.1) is 10.2 Å². The second-order valence-electron chi connectivity index (χ2n) is 9.52. The van der Waals surface area contributed by atoms with E-state index in [2.05, 4.69) is 10.2 Å². The quantitative estimate of drug-likeness (QED) is 0.167. The van der Waals surface area contributed by atoms with Crippen molar-refractivity contribution < 1.29 is 13.2 Å². The average molecular weight is 600 g/mol. The lowest BCUT2D eigenvalue weighted by molar-refractivity contribution is -0.116. The maximum absolute atomic E-state index is 13.6. The fraction of sp³-hybridized carbons (Fsp3) is 0.219. The number of hydrogen-bond acceptors (Lipinski definition) is 6. The molecule has 0 unspecified atom stereocenters. The molecule has 42 heavy (non-hydrogen) atoms. The lowest BCUT2D eigenvalue weighted by atomic mass is 10.1. The van der Waals surface area contributed by atoms with E-state index in [0.717, 1.165) is 22.1 Å². The summed E-state index contributed by atoms with van der Waals surface area (Å²) < 4.78 is 29.8. The van der Waals surface area contributed by atoms with Crippen LogP contribution in [0.15, 0.2) is 107 Å². The van der Waals surface area contributed by atoms with Gasteiger partial charge < -0.3 is 4.90 Å². The van der Waals surface area contributed by atoms with E-state index in [0.29, 0.717) is 36.2 Å². The van der Waals surface area contributed by atoms with E-state index in [-0.39, 0.29) is 16.6 Å². The highest BCUT2D eigenvalue weighted by Gasteiger charge is 2.24. The minimum Gasteiger partial charge on any atom is -0.311 e. The SMILES string of the molecule is CCN(C(=O)CSc1nnc(-c2cccc(S(=O)(=O)N(CC)CC)c2)n1-c1ccccc1)c1cccc2ccccc12.